The van der Waals surface area contributed by atoms with Crippen LogP contribution in [0.25, 0.3) is 20.9 Å². The number of benzene rings is 3. The molecule has 0 fully saturated rings. The van der Waals surface area contributed by atoms with E-state index in [0.717, 1.165) is 21.7 Å². The second kappa shape index (κ2) is 12.3. The van der Waals surface area contributed by atoms with Crippen molar-refractivity contribution < 1.29 is 19.1 Å². The van der Waals surface area contributed by atoms with E-state index in [0.29, 0.717) is 43.7 Å². The summed E-state index contributed by atoms with van der Waals surface area (Å²) in [6.07, 6.45) is 1.85. The van der Waals surface area contributed by atoms with E-state index in [1.54, 1.807) is 17.4 Å². The molecule has 4 rings (SSSR count). The van der Waals surface area contributed by atoms with E-state index in [-0.39, 0.29) is 12.5 Å². The van der Waals surface area contributed by atoms with E-state index in [1.807, 2.05) is 48.5 Å². The molecule has 3 aromatic carbocycles. The number of primary amides is 1. The maximum Gasteiger partial charge on any atom is 0.255 e. The lowest BCUT2D eigenvalue weighted by atomic mass is 10.0. The number of nitrogens with one attached hydrogen (secondary N) is 2. The molecule has 192 valence electrons. The average Bonchev–Trinajstić information content (AvgIpc) is 3.31. The maximum atomic E-state index is 12.6. The lowest BCUT2D eigenvalue weighted by Gasteiger charge is -2.14. The van der Waals surface area contributed by atoms with Crippen molar-refractivity contribution in [1.29, 1.82) is 0 Å². The summed E-state index contributed by atoms with van der Waals surface area (Å²) >= 11 is 1.65. The van der Waals surface area contributed by atoms with Crippen LogP contribution in [0.4, 0.5) is 0 Å². The van der Waals surface area contributed by atoms with Gasteiger partial charge in [0.2, 0.25) is 11.8 Å². The number of amides is 3. The number of unbranched alkanes of at least 4 members (excludes halogenated alkanes) is 1. The first kappa shape index (κ1) is 26.1. The first-order chi connectivity index (χ1) is 17.9. The van der Waals surface area contributed by atoms with E-state index in [2.05, 4.69) is 22.1 Å². The topological polar surface area (TPSA) is 137 Å². The fraction of sp³-hybridized carbons (Fsp3) is 0.250. The van der Waals surface area contributed by atoms with Crippen LogP contribution in [0.1, 0.15) is 28.8 Å². The Hall–Kier alpha value is -3.95. The largest absolute Gasteiger partial charge is 0.493 e. The summed E-state index contributed by atoms with van der Waals surface area (Å²) in [5, 5.41) is 10.4. The number of ether oxygens (including phenoxy) is 1. The molecule has 9 heteroatoms. The standard InChI is InChI=1S/C28H30N4O4S/c29-23(14-20-17-37-25-10-4-3-9-21(20)25)28(35)31-11-5-6-12-36-24-15-19-8-2-1-7-18(19)13-22(24)27(34)32-16-26(30)33/h1-4,7-10,13,15,17,23H,5-6,11-12,14,16,29H2,(H2,30,33)(H,31,35)(H,32,34). The molecule has 1 aromatic heterocycles. The van der Waals surface area contributed by atoms with Gasteiger partial charge in [0.05, 0.1) is 24.8 Å². The van der Waals surface area contributed by atoms with Crippen molar-refractivity contribution in [2.24, 2.45) is 11.5 Å². The molecule has 0 saturated carbocycles. The van der Waals surface area contributed by atoms with E-state index >= 15 is 0 Å². The third-order valence-corrected chi connectivity index (χ3v) is 6.99. The minimum atomic E-state index is -0.623. The Morgan fingerprint density at radius 2 is 1.68 bits per heavy atom. The Kier molecular flexibility index (Phi) is 8.71. The van der Waals surface area contributed by atoms with Crippen LogP contribution in [-0.4, -0.2) is 43.5 Å². The molecular formula is C28H30N4O4S. The van der Waals surface area contributed by atoms with E-state index in [1.165, 1.54) is 4.70 Å². The normalized spacial score (nSPS) is 11.8. The zero-order valence-corrected chi connectivity index (χ0v) is 21.2. The molecule has 6 N–H and O–H groups in total. The van der Waals surface area contributed by atoms with E-state index in [4.69, 9.17) is 16.2 Å². The van der Waals surface area contributed by atoms with Gasteiger partial charge in [0, 0.05) is 11.2 Å². The highest BCUT2D eigenvalue weighted by Crippen LogP contribution is 2.27. The molecule has 0 aliphatic rings. The molecule has 0 aliphatic carbocycles. The summed E-state index contributed by atoms with van der Waals surface area (Å²) in [6, 6.07) is 18.7. The number of rotatable bonds is 12. The predicted octanol–water partition coefficient (Wildman–Crippen LogP) is 3.11. The molecular weight excluding hydrogens is 488 g/mol. The van der Waals surface area contributed by atoms with Gasteiger partial charge in [-0.05, 0) is 64.6 Å². The predicted molar refractivity (Wildman–Crippen MR) is 147 cm³/mol. The number of fused-ring (bicyclic) bond motifs is 2. The van der Waals surface area contributed by atoms with Gasteiger partial charge in [-0.3, -0.25) is 14.4 Å². The highest BCUT2D eigenvalue weighted by atomic mass is 32.1. The van der Waals surface area contributed by atoms with Crippen LogP contribution in [0.15, 0.2) is 66.0 Å². The second-order valence-corrected chi connectivity index (χ2v) is 9.67. The first-order valence-electron chi connectivity index (χ1n) is 12.1. The number of carbonyl (C=O) groups is 3. The summed E-state index contributed by atoms with van der Waals surface area (Å²) in [7, 11) is 0. The van der Waals surface area contributed by atoms with Gasteiger partial charge in [0.1, 0.15) is 5.75 Å². The SMILES string of the molecule is NC(=O)CNC(=O)c1cc2ccccc2cc1OCCCCNC(=O)C(N)Cc1csc2ccccc12. The zero-order chi connectivity index (χ0) is 26.2. The molecule has 0 aliphatic heterocycles. The third kappa shape index (κ3) is 6.84. The summed E-state index contributed by atoms with van der Waals surface area (Å²) in [5.74, 6) is -0.810. The molecule has 3 amide bonds. The fourth-order valence-electron chi connectivity index (χ4n) is 4.05. The van der Waals surface area contributed by atoms with Crippen LogP contribution in [0, 0.1) is 0 Å². The van der Waals surface area contributed by atoms with Gasteiger partial charge in [-0.1, -0.05) is 42.5 Å². The number of carbonyl (C=O) groups excluding carboxylic acids is 3. The minimum absolute atomic E-state index is 0.181. The molecule has 37 heavy (non-hydrogen) atoms. The minimum Gasteiger partial charge on any atom is -0.493 e. The summed E-state index contributed by atoms with van der Waals surface area (Å²) in [6.45, 7) is 0.580. The van der Waals surface area contributed by atoms with Crippen molar-refractivity contribution in [2.75, 3.05) is 19.7 Å². The van der Waals surface area contributed by atoms with Gasteiger partial charge in [-0.15, -0.1) is 11.3 Å². The lowest BCUT2D eigenvalue weighted by Crippen LogP contribution is -2.42. The molecule has 0 bridgehead atoms. The van der Waals surface area contributed by atoms with Gasteiger partial charge in [-0.25, -0.2) is 0 Å². The molecule has 0 spiro atoms. The van der Waals surface area contributed by atoms with Crippen LogP contribution in [0.5, 0.6) is 5.75 Å². The quantitative estimate of drug-likeness (QED) is 0.214. The first-order valence-corrected chi connectivity index (χ1v) is 13.0. The van der Waals surface area contributed by atoms with Crippen molar-refractivity contribution in [3.05, 3.63) is 77.2 Å². The fourth-order valence-corrected chi connectivity index (χ4v) is 5.03. The molecule has 1 unspecified atom stereocenters. The van der Waals surface area contributed by atoms with Gasteiger partial charge in [0.25, 0.3) is 5.91 Å². The Morgan fingerprint density at radius 1 is 0.946 bits per heavy atom. The van der Waals surface area contributed by atoms with Gasteiger partial charge >= 0.3 is 0 Å². The van der Waals surface area contributed by atoms with Crippen molar-refractivity contribution in [3.63, 3.8) is 0 Å². The number of nitrogens with two attached hydrogens (primary N) is 2. The van der Waals surface area contributed by atoms with Gasteiger partial charge in [0.15, 0.2) is 0 Å². The Balaban J connectivity index is 1.26. The van der Waals surface area contributed by atoms with Gasteiger partial charge < -0.3 is 26.8 Å². The Labute approximate surface area is 219 Å². The molecule has 0 radical (unpaired) electrons. The average molecular weight is 519 g/mol. The Morgan fingerprint density at radius 3 is 2.46 bits per heavy atom. The maximum absolute atomic E-state index is 12.6. The highest BCUT2D eigenvalue weighted by molar-refractivity contribution is 7.17. The van der Waals surface area contributed by atoms with Gasteiger partial charge in [-0.2, -0.15) is 0 Å². The summed E-state index contributed by atoms with van der Waals surface area (Å²) < 4.78 is 7.11. The van der Waals surface area contributed by atoms with Crippen LogP contribution in [0.2, 0.25) is 0 Å². The van der Waals surface area contributed by atoms with E-state index in [9.17, 15) is 14.4 Å². The third-order valence-electron chi connectivity index (χ3n) is 5.98. The van der Waals surface area contributed by atoms with Crippen molar-refractivity contribution in [3.8, 4) is 5.75 Å². The van der Waals surface area contributed by atoms with E-state index < -0.39 is 17.9 Å². The zero-order valence-electron chi connectivity index (χ0n) is 20.4. The number of hydrogen-bond donors (Lipinski definition) is 4. The summed E-state index contributed by atoms with van der Waals surface area (Å²) in [4.78, 5) is 36.2. The Bertz CT molecular complexity index is 1420. The molecule has 4 aromatic rings. The van der Waals surface area contributed by atoms with Crippen LogP contribution < -0.4 is 26.8 Å². The van der Waals surface area contributed by atoms with Crippen molar-refractivity contribution >= 4 is 49.9 Å². The smallest absolute Gasteiger partial charge is 0.255 e. The second-order valence-electron chi connectivity index (χ2n) is 8.76. The lowest BCUT2D eigenvalue weighted by molar-refractivity contribution is -0.122. The highest BCUT2D eigenvalue weighted by Gasteiger charge is 2.17. The molecule has 1 atom stereocenters. The van der Waals surface area contributed by atoms with Crippen LogP contribution in [-0.2, 0) is 16.0 Å². The van der Waals surface area contributed by atoms with Crippen molar-refractivity contribution in [2.45, 2.75) is 25.3 Å². The number of thiophene rings is 1. The van der Waals surface area contributed by atoms with Crippen molar-refractivity contribution in [1.82, 2.24) is 10.6 Å². The number of hydrogen-bond acceptors (Lipinski definition) is 6. The van der Waals surface area contributed by atoms with Crippen LogP contribution in [0.3, 0.4) is 0 Å². The monoisotopic (exact) mass is 518 g/mol. The summed E-state index contributed by atoms with van der Waals surface area (Å²) in [5.41, 5.74) is 12.7. The molecule has 0 saturated heterocycles. The van der Waals surface area contributed by atoms with Crippen LogP contribution >= 0.6 is 11.3 Å². The molecule has 1 heterocycles. The molecule has 8 nitrogen and oxygen atoms in total.